The van der Waals surface area contributed by atoms with E-state index in [1.807, 2.05) is 41.9 Å². The summed E-state index contributed by atoms with van der Waals surface area (Å²) >= 11 is 0. The maximum atomic E-state index is 11.1. The lowest BCUT2D eigenvalue weighted by Gasteiger charge is -2.03. The molecule has 5 nitrogen and oxygen atoms in total. The van der Waals surface area contributed by atoms with E-state index in [0.717, 1.165) is 17.2 Å². The van der Waals surface area contributed by atoms with E-state index in [4.69, 9.17) is 0 Å². The summed E-state index contributed by atoms with van der Waals surface area (Å²) in [4.78, 5) is 11.1. The standard InChI is InChI=1S/C13H15N3O2/c1-16-11(8-9-12(17)18-2)14-15-13(16)10-6-4-3-5-7-10/h3-7H,8-9H2,1-2H3. The molecule has 0 aliphatic carbocycles. The Morgan fingerprint density at radius 1 is 1.28 bits per heavy atom. The first-order valence-corrected chi connectivity index (χ1v) is 5.73. The molecular formula is C13H15N3O2. The van der Waals surface area contributed by atoms with Crippen LogP contribution >= 0.6 is 0 Å². The minimum atomic E-state index is -0.237. The molecule has 0 fully saturated rings. The van der Waals surface area contributed by atoms with Crippen LogP contribution in [0.15, 0.2) is 30.3 Å². The van der Waals surface area contributed by atoms with Crippen LogP contribution < -0.4 is 0 Å². The highest BCUT2D eigenvalue weighted by Gasteiger charge is 2.11. The molecule has 1 aromatic heterocycles. The number of rotatable bonds is 4. The molecule has 0 amide bonds. The number of ether oxygens (including phenoxy) is 1. The van der Waals surface area contributed by atoms with E-state index in [0.29, 0.717) is 12.8 Å². The molecular weight excluding hydrogens is 230 g/mol. The smallest absolute Gasteiger partial charge is 0.305 e. The zero-order chi connectivity index (χ0) is 13.0. The second-order valence-corrected chi connectivity index (χ2v) is 3.94. The molecule has 0 radical (unpaired) electrons. The topological polar surface area (TPSA) is 57.0 Å². The molecule has 1 aromatic carbocycles. The number of hydrogen-bond donors (Lipinski definition) is 0. The van der Waals surface area contributed by atoms with Gasteiger partial charge in [0.1, 0.15) is 5.82 Å². The third-order valence-corrected chi connectivity index (χ3v) is 2.78. The van der Waals surface area contributed by atoms with Gasteiger partial charge >= 0.3 is 5.97 Å². The van der Waals surface area contributed by atoms with Crippen LogP contribution in [0.25, 0.3) is 11.4 Å². The van der Waals surface area contributed by atoms with Gasteiger partial charge in [0.05, 0.1) is 13.5 Å². The summed E-state index contributed by atoms with van der Waals surface area (Å²) in [6, 6.07) is 9.83. The highest BCUT2D eigenvalue weighted by Crippen LogP contribution is 2.16. The number of hydrogen-bond acceptors (Lipinski definition) is 4. The lowest BCUT2D eigenvalue weighted by atomic mass is 10.2. The van der Waals surface area contributed by atoms with Crippen molar-refractivity contribution < 1.29 is 9.53 Å². The fourth-order valence-corrected chi connectivity index (χ4v) is 1.73. The van der Waals surface area contributed by atoms with Crippen LogP contribution in [0.3, 0.4) is 0 Å². The van der Waals surface area contributed by atoms with Crippen LogP contribution in [0.2, 0.25) is 0 Å². The Labute approximate surface area is 105 Å². The van der Waals surface area contributed by atoms with Crippen molar-refractivity contribution in [2.24, 2.45) is 7.05 Å². The highest BCUT2D eigenvalue weighted by atomic mass is 16.5. The molecule has 0 unspecified atom stereocenters. The lowest BCUT2D eigenvalue weighted by Crippen LogP contribution is -2.06. The zero-order valence-corrected chi connectivity index (χ0v) is 10.5. The summed E-state index contributed by atoms with van der Waals surface area (Å²) in [5.74, 6) is 1.34. The number of aryl methyl sites for hydroxylation is 1. The van der Waals surface area contributed by atoms with Gasteiger partial charge in [0.15, 0.2) is 5.82 Å². The summed E-state index contributed by atoms with van der Waals surface area (Å²) in [5, 5.41) is 8.25. The Balaban J connectivity index is 2.17. The Kier molecular flexibility index (Phi) is 3.72. The molecule has 0 N–H and O–H groups in total. The highest BCUT2D eigenvalue weighted by molar-refractivity contribution is 5.69. The van der Waals surface area contributed by atoms with Crippen molar-refractivity contribution in [3.63, 3.8) is 0 Å². The minimum Gasteiger partial charge on any atom is -0.469 e. The van der Waals surface area contributed by atoms with Gasteiger partial charge in [-0.1, -0.05) is 30.3 Å². The molecule has 0 aliphatic rings. The molecule has 5 heteroatoms. The molecule has 0 spiro atoms. The van der Waals surface area contributed by atoms with Crippen molar-refractivity contribution in [2.75, 3.05) is 7.11 Å². The first kappa shape index (κ1) is 12.3. The molecule has 1 heterocycles. The van der Waals surface area contributed by atoms with Gasteiger partial charge in [0.25, 0.3) is 0 Å². The molecule has 94 valence electrons. The third kappa shape index (κ3) is 2.56. The Morgan fingerprint density at radius 3 is 2.67 bits per heavy atom. The Bertz CT molecular complexity index is 534. The van der Waals surface area contributed by atoms with E-state index in [1.165, 1.54) is 7.11 Å². The van der Waals surface area contributed by atoms with Gasteiger partial charge in [0, 0.05) is 19.0 Å². The average Bonchev–Trinajstić information content (AvgIpc) is 2.78. The van der Waals surface area contributed by atoms with Crippen LogP contribution in [0.4, 0.5) is 0 Å². The van der Waals surface area contributed by atoms with Gasteiger partial charge in [-0.05, 0) is 0 Å². The number of nitrogens with zero attached hydrogens (tertiary/aromatic N) is 3. The van der Waals surface area contributed by atoms with Crippen molar-refractivity contribution >= 4 is 5.97 Å². The van der Waals surface area contributed by atoms with Crippen molar-refractivity contribution in [1.29, 1.82) is 0 Å². The van der Waals surface area contributed by atoms with E-state index in [2.05, 4.69) is 14.9 Å². The number of carbonyl (C=O) groups excluding carboxylic acids is 1. The predicted molar refractivity (Wildman–Crippen MR) is 66.8 cm³/mol. The molecule has 0 saturated heterocycles. The number of aromatic nitrogens is 3. The summed E-state index contributed by atoms with van der Waals surface area (Å²) < 4.78 is 6.51. The van der Waals surface area contributed by atoms with Crippen molar-refractivity contribution in [1.82, 2.24) is 14.8 Å². The monoisotopic (exact) mass is 245 g/mol. The van der Waals surface area contributed by atoms with Crippen molar-refractivity contribution in [3.8, 4) is 11.4 Å². The average molecular weight is 245 g/mol. The Hall–Kier alpha value is -2.17. The normalized spacial score (nSPS) is 10.3. The summed E-state index contributed by atoms with van der Waals surface area (Å²) in [6.07, 6.45) is 0.847. The summed E-state index contributed by atoms with van der Waals surface area (Å²) in [7, 11) is 3.28. The fraction of sp³-hybridized carbons (Fsp3) is 0.308. The zero-order valence-electron chi connectivity index (χ0n) is 10.5. The number of carbonyl (C=O) groups is 1. The second-order valence-electron chi connectivity index (χ2n) is 3.94. The summed E-state index contributed by atoms with van der Waals surface area (Å²) in [5.41, 5.74) is 1.01. The van der Waals surface area contributed by atoms with Gasteiger partial charge < -0.3 is 9.30 Å². The van der Waals surface area contributed by atoms with Gasteiger partial charge in [-0.25, -0.2) is 0 Å². The molecule has 2 rings (SSSR count). The van der Waals surface area contributed by atoms with E-state index in [1.54, 1.807) is 0 Å². The fourth-order valence-electron chi connectivity index (χ4n) is 1.73. The summed E-state index contributed by atoms with van der Waals surface area (Å²) in [6.45, 7) is 0. The van der Waals surface area contributed by atoms with E-state index >= 15 is 0 Å². The van der Waals surface area contributed by atoms with E-state index < -0.39 is 0 Å². The molecule has 18 heavy (non-hydrogen) atoms. The van der Waals surface area contributed by atoms with Crippen LogP contribution in [-0.4, -0.2) is 27.8 Å². The van der Waals surface area contributed by atoms with Gasteiger partial charge in [-0.2, -0.15) is 0 Å². The first-order chi connectivity index (χ1) is 8.72. The molecule has 0 aliphatic heterocycles. The molecule has 0 saturated carbocycles. The van der Waals surface area contributed by atoms with Crippen LogP contribution in [0.5, 0.6) is 0 Å². The van der Waals surface area contributed by atoms with Crippen molar-refractivity contribution in [3.05, 3.63) is 36.2 Å². The third-order valence-electron chi connectivity index (χ3n) is 2.78. The molecule has 0 bridgehead atoms. The SMILES string of the molecule is COC(=O)CCc1nnc(-c2ccccc2)n1C. The number of esters is 1. The van der Waals surface area contributed by atoms with Crippen LogP contribution in [0.1, 0.15) is 12.2 Å². The quantitative estimate of drug-likeness (QED) is 0.767. The van der Waals surface area contributed by atoms with Gasteiger partial charge in [-0.3, -0.25) is 4.79 Å². The molecule has 2 aromatic rings. The van der Waals surface area contributed by atoms with Crippen LogP contribution in [0, 0.1) is 0 Å². The second kappa shape index (κ2) is 5.44. The van der Waals surface area contributed by atoms with E-state index in [-0.39, 0.29) is 5.97 Å². The maximum Gasteiger partial charge on any atom is 0.305 e. The number of benzene rings is 1. The minimum absolute atomic E-state index is 0.237. The predicted octanol–water partition coefficient (Wildman–Crippen LogP) is 1.59. The first-order valence-electron chi connectivity index (χ1n) is 5.73. The molecule has 0 atom stereocenters. The van der Waals surface area contributed by atoms with Gasteiger partial charge in [-0.15, -0.1) is 10.2 Å². The lowest BCUT2D eigenvalue weighted by molar-refractivity contribution is -0.140. The van der Waals surface area contributed by atoms with E-state index in [9.17, 15) is 4.79 Å². The Morgan fingerprint density at radius 2 is 2.00 bits per heavy atom. The van der Waals surface area contributed by atoms with Crippen molar-refractivity contribution in [2.45, 2.75) is 12.8 Å². The van der Waals surface area contributed by atoms with Gasteiger partial charge in [0.2, 0.25) is 0 Å². The maximum absolute atomic E-state index is 11.1. The largest absolute Gasteiger partial charge is 0.469 e. The number of methoxy groups -OCH3 is 1. The van der Waals surface area contributed by atoms with Crippen LogP contribution in [-0.2, 0) is 23.0 Å².